The number of pyridine rings is 1. The summed E-state index contributed by atoms with van der Waals surface area (Å²) in [6.45, 7) is 7.30. The summed E-state index contributed by atoms with van der Waals surface area (Å²) in [5, 5.41) is 8.31. The minimum absolute atomic E-state index is 0.105. The third-order valence-corrected chi connectivity index (χ3v) is 4.05. The first-order valence-corrected chi connectivity index (χ1v) is 7.98. The number of hydrogen-bond acceptors (Lipinski definition) is 5. The standard InChI is InChI=1S/C17H22N4O2/c1-17(2,3)16(22)21-9-5-7-13(11-21)15-20-19-14(23-15)12-6-4-8-18-10-12/h4,6,8,10,13H,5,7,9,11H2,1-3H3. The molecule has 0 spiro atoms. The van der Waals surface area contributed by atoms with Crippen LogP contribution in [-0.2, 0) is 4.79 Å². The number of aromatic nitrogens is 3. The van der Waals surface area contributed by atoms with E-state index in [1.807, 2.05) is 37.8 Å². The Hall–Kier alpha value is -2.24. The van der Waals surface area contributed by atoms with Gasteiger partial charge in [-0.1, -0.05) is 20.8 Å². The second-order valence-electron chi connectivity index (χ2n) is 7.03. The van der Waals surface area contributed by atoms with Crippen molar-refractivity contribution in [2.24, 2.45) is 5.41 Å². The van der Waals surface area contributed by atoms with Crippen LogP contribution in [0.5, 0.6) is 0 Å². The number of amides is 1. The van der Waals surface area contributed by atoms with Crippen molar-refractivity contribution in [1.29, 1.82) is 0 Å². The van der Waals surface area contributed by atoms with Gasteiger partial charge in [0.25, 0.3) is 0 Å². The van der Waals surface area contributed by atoms with Crippen LogP contribution in [0, 0.1) is 5.41 Å². The number of carbonyl (C=O) groups excluding carboxylic acids is 1. The van der Waals surface area contributed by atoms with Gasteiger partial charge in [-0.05, 0) is 25.0 Å². The zero-order valence-electron chi connectivity index (χ0n) is 13.8. The van der Waals surface area contributed by atoms with Gasteiger partial charge in [-0.2, -0.15) is 0 Å². The minimum Gasteiger partial charge on any atom is -0.420 e. The molecule has 1 aliphatic rings. The van der Waals surface area contributed by atoms with Gasteiger partial charge in [0.1, 0.15) is 0 Å². The van der Waals surface area contributed by atoms with Crippen LogP contribution in [0.2, 0.25) is 0 Å². The summed E-state index contributed by atoms with van der Waals surface area (Å²) < 4.78 is 5.82. The van der Waals surface area contributed by atoms with E-state index < -0.39 is 0 Å². The van der Waals surface area contributed by atoms with Crippen LogP contribution < -0.4 is 0 Å². The second-order valence-corrected chi connectivity index (χ2v) is 7.03. The highest BCUT2D eigenvalue weighted by Gasteiger charge is 2.33. The molecule has 23 heavy (non-hydrogen) atoms. The molecule has 0 aliphatic carbocycles. The Morgan fingerprint density at radius 2 is 2.17 bits per heavy atom. The van der Waals surface area contributed by atoms with E-state index in [1.54, 1.807) is 12.4 Å². The maximum atomic E-state index is 12.5. The van der Waals surface area contributed by atoms with Gasteiger partial charge in [-0.15, -0.1) is 10.2 Å². The van der Waals surface area contributed by atoms with Crippen LogP contribution in [0.1, 0.15) is 45.4 Å². The molecule has 122 valence electrons. The molecule has 0 radical (unpaired) electrons. The van der Waals surface area contributed by atoms with Gasteiger partial charge in [0, 0.05) is 30.9 Å². The smallest absolute Gasteiger partial charge is 0.249 e. The Morgan fingerprint density at radius 3 is 2.87 bits per heavy atom. The molecule has 1 amide bonds. The predicted octanol–water partition coefficient (Wildman–Crippen LogP) is 2.88. The van der Waals surface area contributed by atoms with Crippen LogP contribution in [-0.4, -0.2) is 39.1 Å². The summed E-state index contributed by atoms with van der Waals surface area (Å²) in [7, 11) is 0. The van der Waals surface area contributed by atoms with Crippen molar-refractivity contribution in [2.45, 2.75) is 39.5 Å². The first-order chi connectivity index (χ1) is 10.9. The maximum absolute atomic E-state index is 12.5. The molecule has 1 fully saturated rings. The zero-order valence-corrected chi connectivity index (χ0v) is 13.8. The normalized spacial score (nSPS) is 18.9. The summed E-state index contributed by atoms with van der Waals surface area (Å²) >= 11 is 0. The first kappa shape index (κ1) is 15.6. The first-order valence-electron chi connectivity index (χ1n) is 7.98. The number of hydrogen-bond donors (Lipinski definition) is 0. The van der Waals surface area contributed by atoms with Crippen molar-refractivity contribution in [3.05, 3.63) is 30.4 Å². The molecule has 1 unspecified atom stereocenters. The number of piperidine rings is 1. The average molecular weight is 314 g/mol. The van der Waals surface area contributed by atoms with Gasteiger partial charge in [0.05, 0.1) is 11.5 Å². The molecule has 0 bridgehead atoms. The van der Waals surface area contributed by atoms with Gasteiger partial charge in [0.15, 0.2) is 0 Å². The van der Waals surface area contributed by atoms with E-state index in [2.05, 4.69) is 15.2 Å². The molecule has 1 aliphatic heterocycles. The molecule has 2 aromatic heterocycles. The van der Waals surface area contributed by atoms with Gasteiger partial charge in [-0.3, -0.25) is 9.78 Å². The Bertz CT molecular complexity index is 675. The SMILES string of the molecule is CC(C)(C)C(=O)N1CCCC(c2nnc(-c3cccnc3)o2)C1. The van der Waals surface area contributed by atoms with E-state index in [0.29, 0.717) is 18.3 Å². The summed E-state index contributed by atoms with van der Waals surface area (Å²) in [4.78, 5) is 18.5. The van der Waals surface area contributed by atoms with Crippen LogP contribution in [0.3, 0.4) is 0 Å². The van der Waals surface area contributed by atoms with E-state index in [0.717, 1.165) is 24.9 Å². The highest BCUT2D eigenvalue weighted by molar-refractivity contribution is 5.81. The Labute approximate surface area is 135 Å². The topological polar surface area (TPSA) is 72.1 Å². The molecule has 2 aromatic rings. The Morgan fingerprint density at radius 1 is 1.35 bits per heavy atom. The molecule has 1 atom stereocenters. The molecule has 3 rings (SSSR count). The van der Waals surface area contributed by atoms with Gasteiger partial charge < -0.3 is 9.32 Å². The van der Waals surface area contributed by atoms with Crippen molar-refractivity contribution in [3.8, 4) is 11.5 Å². The lowest BCUT2D eigenvalue weighted by atomic mass is 9.91. The lowest BCUT2D eigenvalue weighted by molar-refractivity contribution is -0.140. The van der Waals surface area contributed by atoms with Gasteiger partial charge >= 0.3 is 0 Å². The number of carbonyl (C=O) groups is 1. The molecular weight excluding hydrogens is 292 g/mol. The molecular formula is C17H22N4O2. The number of nitrogens with zero attached hydrogens (tertiary/aromatic N) is 4. The Kier molecular flexibility index (Phi) is 4.15. The summed E-state index contributed by atoms with van der Waals surface area (Å²) in [5.41, 5.74) is 0.446. The third-order valence-electron chi connectivity index (χ3n) is 4.05. The highest BCUT2D eigenvalue weighted by atomic mass is 16.4. The molecule has 0 N–H and O–H groups in total. The van der Waals surface area contributed by atoms with E-state index in [9.17, 15) is 4.79 Å². The predicted molar refractivity (Wildman–Crippen MR) is 85.5 cm³/mol. The van der Waals surface area contributed by atoms with Gasteiger partial charge in [0.2, 0.25) is 17.7 Å². The van der Waals surface area contributed by atoms with Crippen LogP contribution in [0.25, 0.3) is 11.5 Å². The summed E-state index contributed by atoms with van der Waals surface area (Å²) in [6, 6.07) is 3.73. The van der Waals surface area contributed by atoms with Crippen molar-refractivity contribution in [3.63, 3.8) is 0 Å². The van der Waals surface area contributed by atoms with E-state index in [4.69, 9.17) is 4.42 Å². The quantitative estimate of drug-likeness (QED) is 0.852. The fourth-order valence-electron chi connectivity index (χ4n) is 2.84. The zero-order chi connectivity index (χ0) is 16.4. The number of likely N-dealkylation sites (tertiary alicyclic amines) is 1. The van der Waals surface area contributed by atoms with Crippen molar-refractivity contribution < 1.29 is 9.21 Å². The van der Waals surface area contributed by atoms with Gasteiger partial charge in [-0.25, -0.2) is 0 Å². The van der Waals surface area contributed by atoms with E-state index in [-0.39, 0.29) is 17.2 Å². The van der Waals surface area contributed by atoms with Crippen molar-refractivity contribution in [1.82, 2.24) is 20.1 Å². The second kappa shape index (κ2) is 6.10. The van der Waals surface area contributed by atoms with E-state index >= 15 is 0 Å². The summed E-state index contributed by atoms with van der Waals surface area (Å²) in [6.07, 6.45) is 5.32. The van der Waals surface area contributed by atoms with Crippen LogP contribution >= 0.6 is 0 Å². The van der Waals surface area contributed by atoms with Crippen molar-refractivity contribution in [2.75, 3.05) is 13.1 Å². The Balaban J connectivity index is 1.75. The molecule has 0 saturated carbocycles. The molecule has 3 heterocycles. The van der Waals surface area contributed by atoms with E-state index in [1.165, 1.54) is 0 Å². The number of rotatable bonds is 2. The maximum Gasteiger partial charge on any atom is 0.249 e. The molecule has 6 heteroatoms. The fraction of sp³-hybridized carbons (Fsp3) is 0.529. The molecule has 6 nitrogen and oxygen atoms in total. The fourth-order valence-corrected chi connectivity index (χ4v) is 2.84. The van der Waals surface area contributed by atoms with Crippen LogP contribution in [0.4, 0.5) is 0 Å². The highest BCUT2D eigenvalue weighted by Crippen LogP contribution is 2.30. The summed E-state index contributed by atoms with van der Waals surface area (Å²) in [5.74, 6) is 1.37. The molecule has 1 saturated heterocycles. The lowest BCUT2D eigenvalue weighted by Gasteiger charge is -2.35. The third kappa shape index (κ3) is 3.41. The average Bonchev–Trinajstić information content (AvgIpc) is 3.04. The van der Waals surface area contributed by atoms with Crippen LogP contribution in [0.15, 0.2) is 28.9 Å². The molecule has 0 aromatic carbocycles. The minimum atomic E-state index is -0.363. The lowest BCUT2D eigenvalue weighted by Crippen LogP contribution is -2.44. The largest absolute Gasteiger partial charge is 0.420 e. The monoisotopic (exact) mass is 314 g/mol. The van der Waals surface area contributed by atoms with Crippen molar-refractivity contribution >= 4 is 5.91 Å².